The molecule has 0 aromatic heterocycles. The molecule has 5 nitrogen and oxygen atoms in total. The Morgan fingerprint density at radius 3 is 1.62 bits per heavy atom. The molecule has 6 heteroatoms. The van der Waals surface area contributed by atoms with Crippen LogP contribution in [0.5, 0.6) is 0 Å². The zero-order valence-corrected chi connectivity index (χ0v) is 9.50. The van der Waals surface area contributed by atoms with E-state index in [2.05, 4.69) is 0 Å². The lowest BCUT2D eigenvalue weighted by molar-refractivity contribution is 0.101. The minimum Gasteiger partial charge on any atom is -0.744 e. The SMILES string of the molecule is CC(=O)c1cc(C(C)=O)cc(S(=O)(=O)[O-])c1. The molecule has 0 spiro atoms. The molecule has 0 heterocycles. The number of hydrogen-bond donors (Lipinski definition) is 0. The summed E-state index contributed by atoms with van der Waals surface area (Å²) in [4.78, 5) is 21.6. The number of ketones is 2. The zero-order chi connectivity index (χ0) is 12.5. The third-order valence-corrected chi connectivity index (χ3v) is 2.82. The molecular formula is C10H9O5S-. The Morgan fingerprint density at radius 1 is 1.00 bits per heavy atom. The molecule has 0 saturated carbocycles. The van der Waals surface area contributed by atoms with Crippen molar-refractivity contribution in [2.24, 2.45) is 0 Å². The minimum atomic E-state index is -4.67. The third-order valence-electron chi connectivity index (χ3n) is 2.01. The smallest absolute Gasteiger partial charge is 0.159 e. The van der Waals surface area contributed by atoms with Crippen molar-refractivity contribution in [3.05, 3.63) is 29.3 Å². The highest BCUT2D eigenvalue weighted by Crippen LogP contribution is 2.16. The Balaban J connectivity index is 3.54. The summed E-state index contributed by atoms with van der Waals surface area (Å²) < 4.78 is 32.4. The standard InChI is InChI=1S/C10H10O5S/c1-6(11)8-3-9(7(2)12)5-10(4-8)16(13,14)15/h3-5H,1-2H3,(H,13,14,15)/p-1. The summed E-state index contributed by atoms with van der Waals surface area (Å²) in [6.07, 6.45) is 0. The zero-order valence-electron chi connectivity index (χ0n) is 8.68. The quantitative estimate of drug-likeness (QED) is 0.581. The molecule has 16 heavy (non-hydrogen) atoms. The predicted octanol–water partition coefficient (Wildman–Crippen LogP) is 0.996. The molecule has 1 aromatic carbocycles. The van der Waals surface area contributed by atoms with Crippen molar-refractivity contribution in [1.82, 2.24) is 0 Å². The van der Waals surface area contributed by atoms with Crippen LogP contribution in [0.1, 0.15) is 34.6 Å². The number of carbonyl (C=O) groups excluding carboxylic acids is 2. The van der Waals surface area contributed by atoms with Crippen molar-refractivity contribution >= 4 is 21.7 Å². The molecule has 0 aliphatic rings. The van der Waals surface area contributed by atoms with Gasteiger partial charge in [0.05, 0.1) is 4.90 Å². The van der Waals surface area contributed by atoms with Gasteiger partial charge in [-0.1, -0.05) is 0 Å². The van der Waals surface area contributed by atoms with E-state index < -0.39 is 26.6 Å². The molecule has 86 valence electrons. The van der Waals surface area contributed by atoms with Crippen LogP contribution in [0.15, 0.2) is 23.1 Å². The maximum absolute atomic E-state index is 11.1. The Hall–Kier alpha value is -1.53. The van der Waals surface area contributed by atoms with Gasteiger partial charge in [0.1, 0.15) is 10.1 Å². The third kappa shape index (κ3) is 2.74. The van der Waals surface area contributed by atoms with Gasteiger partial charge in [-0.15, -0.1) is 0 Å². The van der Waals surface area contributed by atoms with Crippen molar-refractivity contribution in [3.8, 4) is 0 Å². The summed E-state index contributed by atoms with van der Waals surface area (Å²) in [6.45, 7) is 2.45. The van der Waals surface area contributed by atoms with E-state index in [0.717, 1.165) is 12.1 Å². The highest BCUT2D eigenvalue weighted by atomic mass is 32.2. The molecular weight excluding hydrogens is 232 g/mol. The number of carbonyl (C=O) groups is 2. The summed E-state index contributed by atoms with van der Waals surface area (Å²) >= 11 is 0. The molecule has 0 bridgehead atoms. The van der Waals surface area contributed by atoms with E-state index in [4.69, 9.17) is 0 Å². The molecule has 0 unspecified atom stereocenters. The molecule has 0 fully saturated rings. The molecule has 0 aliphatic carbocycles. The normalized spacial score (nSPS) is 11.2. The van der Waals surface area contributed by atoms with Crippen molar-refractivity contribution in [3.63, 3.8) is 0 Å². The van der Waals surface area contributed by atoms with Crippen LogP contribution in [0.4, 0.5) is 0 Å². The maximum atomic E-state index is 11.1. The van der Waals surface area contributed by atoms with Gasteiger partial charge in [0.15, 0.2) is 11.6 Å². The first-order chi connectivity index (χ1) is 7.21. The second-order valence-electron chi connectivity index (χ2n) is 3.31. The van der Waals surface area contributed by atoms with Crippen LogP contribution in [0.2, 0.25) is 0 Å². The lowest BCUT2D eigenvalue weighted by Crippen LogP contribution is -2.05. The Labute approximate surface area is 92.8 Å². The average molecular weight is 241 g/mol. The lowest BCUT2D eigenvalue weighted by atomic mass is 10.1. The molecule has 0 N–H and O–H groups in total. The second kappa shape index (κ2) is 4.15. The molecule has 0 amide bonds. The molecule has 1 aromatic rings. The first kappa shape index (κ1) is 12.5. The first-order valence-corrected chi connectivity index (χ1v) is 5.75. The van der Waals surface area contributed by atoms with E-state index >= 15 is 0 Å². The number of benzene rings is 1. The predicted molar refractivity (Wildman–Crippen MR) is 54.4 cm³/mol. The van der Waals surface area contributed by atoms with Gasteiger partial charge >= 0.3 is 0 Å². The van der Waals surface area contributed by atoms with E-state index in [-0.39, 0.29) is 11.1 Å². The van der Waals surface area contributed by atoms with Gasteiger partial charge in [-0.05, 0) is 32.0 Å². The topological polar surface area (TPSA) is 91.3 Å². The van der Waals surface area contributed by atoms with E-state index in [9.17, 15) is 22.6 Å². The van der Waals surface area contributed by atoms with Crippen molar-refractivity contribution in [1.29, 1.82) is 0 Å². The molecule has 0 aliphatic heterocycles. The van der Waals surface area contributed by atoms with Gasteiger partial charge in [0, 0.05) is 11.1 Å². The Kier molecular flexibility index (Phi) is 3.25. The van der Waals surface area contributed by atoms with Gasteiger partial charge in [-0.3, -0.25) is 9.59 Å². The largest absolute Gasteiger partial charge is 0.744 e. The fourth-order valence-corrected chi connectivity index (χ4v) is 1.69. The summed E-state index contributed by atoms with van der Waals surface area (Å²) in [7, 11) is -4.67. The maximum Gasteiger partial charge on any atom is 0.159 e. The summed E-state index contributed by atoms with van der Waals surface area (Å²) in [5.74, 6) is -0.819. The fraction of sp³-hybridized carbons (Fsp3) is 0.200. The monoisotopic (exact) mass is 241 g/mol. The van der Waals surface area contributed by atoms with Crippen molar-refractivity contribution in [2.75, 3.05) is 0 Å². The van der Waals surface area contributed by atoms with Crippen LogP contribution in [-0.2, 0) is 10.1 Å². The Morgan fingerprint density at radius 2 is 1.38 bits per heavy atom. The molecule has 0 saturated heterocycles. The van der Waals surface area contributed by atoms with E-state index in [0.29, 0.717) is 0 Å². The number of rotatable bonds is 3. The van der Waals surface area contributed by atoms with Gasteiger partial charge < -0.3 is 4.55 Å². The van der Waals surface area contributed by atoms with Gasteiger partial charge in [0.2, 0.25) is 0 Å². The number of hydrogen-bond acceptors (Lipinski definition) is 5. The lowest BCUT2D eigenvalue weighted by Gasteiger charge is -2.09. The molecule has 0 atom stereocenters. The van der Waals surface area contributed by atoms with Crippen LogP contribution >= 0.6 is 0 Å². The number of Topliss-reactive ketones (excluding diaryl/α,β-unsaturated/α-hetero) is 2. The summed E-state index contributed by atoms with van der Waals surface area (Å²) in [5.41, 5.74) is 0.0595. The van der Waals surface area contributed by atoms with E-state index in [1.165, 1.54) is 19.9 Å². The van der Waals surface area contributed by atoms with Crippen molar-refractivity contribution < 1.29 is 22.6 Å². The van der Waals surface area contributed by atoms with Crippen molar-refractivity contribution in [2.45, 2.75) is 18.7 Å². The van der Waals surface area contributed by atoms with Gasteiger partial charge in [0.25, 0.3) is 0 Å². The molecule has 1 rings (SSSR count). The minimum absolute atomic E-state index is 0.0297. The fourth-order valence-electron chi connectivity index (χ4n) is 1.15. The van der Waals surface area contributed by atoms with Crippen LogP contribution in [0.3, 0.4) is 0 Å². The Bertz CT molecular complexity index is 524. The highest BCUT2D eigenvalue weighted by Gasteiger charge is 2.11. The van der Waals surface area contributed by atoms with E-state index in [1.54, 1.807) is 0 Å². The summed E-state index contributed by atoms with van der Waals surface area (Å²) in [6, 6.07) is 3.20. The first-order valence-electron chi connectivity index (χ1n) is 4.34. The van der Waals surface area contributed by atoms with Gasteiger partial charge in [-0.25, -0.2) is 8.42 Å². The van der Waals surface area contributed by atoms with Crippen LogP contribution in [-0.4, -0.2) is 24.5 Å². The van der Waals surface area contributed by atoms with E-state index in [1.807, 2.05) is 0 Å². The molecule has 0 radical (unpaired) electrons. The highest BCUT2D eigenvalue weighted by molar-refractivity contribution is 7.85. The van der Waals surface area contributed by atoms with Crippen LogP contribution in [0.25, 0.3) is 0 Å². The van der Waals surface area contributed by atoms with Gasteiger partial charge in [-0.2, -0.15) is 0 Å². The average Bonchev–Trinajstić information content (AvgIpc) is 2.15. The second-order valence-corrected chi connectivity index (χ2v) is 4.69. The van der Waals surface area contributed by atoms with Crippen LogP contribution < -0.4 is 0 Å². The summed E-state index contributed by atoms with van der Waals surface area (Å²) in [5, 5.41) is 0. The van der Waals surface area contributed by atoms with Crippen LogP contribution in [0, 0.1) is 0 Å².